The Balaban J connectivity index is 2.49. The summed E-state index contributed by atoms with van der Waals surface area (Å²) < 4.78 is 5.17. The van der Waals surface area contributed by atoms with Crippen molar-refractivity contribution in [2.24, 2.45) is 0 Å². The van der Waals surface area contributed by atoms with E-state index in [-0.39, 0.29) is 0 Å². The molecule has 0 bridgehead atoms. The molecule has 0 aromatic heterocycles. The highest BCUT2D eigenvalue weighted by molar-refractivity contribution is 6.31. The summed E-state index contributed by atoms with van der Waals surface area (Å²) in [6.45, 7) is 2.51. The van der Waals surface area contributed by atoms with Crippen molar-refractivity contribution in [3.8, 4) is 0 Å². The molecule has 0 saturated heterocycles. The Kier molecular flexibility index (Phi) is 1.84. The summed E-state index contributed by atoms with van der Waals surface area (Å²) in [6, 6.07) is 5.94. The molecular formula is C9H8ClO. The molecule has 2 rings (SSSR count). The van der Waals surface area contributed by atoms with E-state index in [4.69, 9.17) is 16.3 Å². The fourth-order valence-corrected chi connectivity index (χ4v) is 1.48. The fourth-order valence-electron chi connectivity index (χ4n) is 1.24. The van der Waals surface area contributed by atoms with Crippen LogP contribution in [0, 0.1) is 6.61 Å². The van der Waals surface area contributed by atoms with E-state index in [1.807, 2.05) is 12.1 Å². The molecule has 0 spiro atoms. The first-order valence-corrected chi connectivity index (χ1v) is 3.98. The third kappa shape index (κ3) is 1.26. The number of hydrogen-bond acceptors (Lipinski definition) is 1. The Labute approximate surface area is 70.9 Å². The summed E-state index contributed by atoms with van der Waals surface area (Å²) in [5.74, 6) is 0. The van der Waals surface area contributed by atoms with Crippen LogP contribution in [0.2, 0.25) is 5.02 Å². The van der Waals surface area contributed by atoms with Crippen molar-refractivity contribution in [3.05, 3.63) is 41.0 Å². The van der Waals surface area contributed by atoms with Gasteiger partial charge >= 0.3 is 0 Å². The van der Waals surface area contributed by atoms with E-state index >= 15 is 0 Å². The number of benzene rings is 1. The van der Waals surface area contributed by atoms with Crippen LogP contribution in [0.3, 0.4) is 0 Å². The minimum absolute atomic E-state index is 0.771. The predicted octanol–water partition coefficient (Wildman–Crippen LogP) is 2.42. The second-order valence-corrected chi connectivity index (χ2v) is 2.96. The van der Waals surface area contributed by atoms with Gasteiger partial charge in [0, 0.05) is 10.6 Å². The van der Waals surface area contributed by atoms with E-state index in [9.17, 15) is 0 Å². The first-order chi connectivity index (χ1) is 5.38. The second kappa shape index (κ2) is 2.84. The van der Waals surface area contributed by atoms with E-state index in [0.29, 0.717) is 0 Å². The predicted molar refractivity (Wildman–Crippen MR) is 44.5 cm³/mol. The van der Waals surface area contributed by atoms with Gasteiger partial charge in [-0.25, -0.2) is 0 Å². The molecule has 1 aromatic carbocycles. The summed E-state index contributed by atoms with van der Waals surface area (Å²) in [5.41, 5.74) is 2.32. The van der Waals surface area contributed by atoms with E-state index in [1.54, 1.807) is 6.61 Å². The second-order valence-electron chi connectivity index (χ2n) is 2.55. The molecule has 11 heavy (non-hydrogen) atoms. The highest BCUT2D eigenvalue weighted by Crippen LogP contribution is 2.25. The Hall–Kier alpha value is -0.530. The Bertz CT molecular complexity index is 270. The van der Waals surface area contributed by atoms with Crippen molar-refractivity contribution < 1.29 is 4.74 Å². The lowest BCUT2D eigenvalue weighted by molar-refractivity contribution is 0.204. The van der Waals surface area contributed by atoms with Crippen LogP contribution in [0.15, 0.2) is 18.2 Å². The standard InChI is InChI=1S/C9H8ClO/c10-9-3-1-2-7-4-5-11-6-8(7)9/h1-3,6H,4-5H2. The lowest BCUT2D eigenvalue weighted by Gasteiger charge is -2.16. The van der Waals surface area contributed by atoms with Crippen LogP contribution in [0.4, 0.5) is 0 Å². The zero-order valence-corrected chi connectivity index (χ0v) is 6.77. The minimum atomic E-state index is 0.771. The van der Waals surface area contributed by atoms with Crippen molar-refractivity contribution in [2.45, 2.75) is 6.42 Å². The Morgan fingerprint density at radius 3 is 3.09 bits per heavy atom. The van der Waals surface area contributed by atoms with Gasteiger partial charge in [0.2, 0.25) is 0 Å². The summed E-state index contributed by atoms with van der Waals surface area (Å²) >= 11 is 5.93. The van der Waals surface area contributed by atoms with Gasteiger partial charge in [-0.15, -0.1) is 0 Å². The van der Waals surface area contributed by atoms with Crippen LogP contribution in [-0.2, 0) is 11.2 Å². The zero-order chi connectivity index (χ0) is 7.68. The number of ether oxygens (including phenoxy) is 1. The van der Waals surface area contributed by atoms with Crippen LogP contribution in [0.1, 0.15) is 11.1 Å². The number of rotatable bonds is 0. The topological polar surface area (TPSA) is 9.23 Å². The molecule has 0 saturated carbocycles. The Morgan fingerprint density at radius 1 is 1.36 bits per heavy atom. The van der Waals surface area contributed by atoms with Crippen LogP contribution >= 0.6 is 11.6 Å². The summed E-state index contributed by atoms with van der Waals surface area (Å²) in [6.07, 6.45) is 0.965. The molecule has 0 aliphatic carbocycles. The normalized spacial score (nSPS) is 16.1. The van der Waals surface area contributed by atoms with Crippen LogP contribution < -0.4 is 0 Å². The monoisotopic (exact) mass is 167 g/mol. The highest BCUT2D eigenvalue weighted by Gasteiger charge is 2.11. The van der Waals surface area contributed by atoms with E-state index in [2.05, 4.69) is 6.07 Å². The first kappa shape index (κ1) is 7.14. The summed E-state index contributed by atoms with van der Waals surface area (Å²) in [4.78, 5) is 0. The van der Waals surface area contributed by atoms with Gasteiger partial charge < -0.3 is 4.74 Å². The van der Waals surface area contributed by atoms with Gasteiger partial charge in [-0.3, -0.25) is 0 Å². The molecule has 2 heteroatoms. The first-order valence-electron chi connectivity index (χ1n) is 3.60. The van der Waals surface area contributed by atoms with Crippen molar-refractivity contribution in [1.82, 2.24) is 0 Å². The fraction of sp³-hybridized carbons (Fsp3) is 0.222. The maximum atomic E-state index is 5.93. The van der Waals surface area contributed by atoms with Crippen molar-refractivity contribution >= 4 is 11.6 Å². The van der Waals surface area contributed by atoms with Crippen molar-refractivity contribution in [1.29, 1.82) is 0 Å². The van der Waals surface area contributed by atoms with Gasteiger partial charge in [-0.2, -0.15) is 0 Å². The molecule has 1 aliphatic rings. The number of halogens is 1. The molecule has 0 fully saturated rings. The molecule has 1 nitrogen and oxygen atoms in total. The molecule has 0 unspecified atom stereocenters. The van der Waals surface area contributed by atoms with Gasteiger partial charge in [-0.05, 0) is 18.1 Å². The van der Waals surface area contributed by atoms with Gasteiger partial charge in [-0.1, -0.05) is 23.7 Å². The smallest absolute Gasteiger partial charge is 0.115 e. The summed E-state index contributed by atoms with van der Waals surface area (Å²) in [5, 5.41) is 0.780. The molecule has 0 N–H and O–H groups in total. The molecule has 0 atom stereocenters. The average molecular weight is 168 g/mol. The van der Waals surface area contributed by atoms with E-state index < -0.39 is 0 Å². The maximum Gasteiger partial charge on any atom is 0.115 e. The van der Waals surface area contributed by atoms with Crippen LogP contribution in [0.25, 0.3) is 0 Å². The van der Waals surface area contributed by atoms with Gasteiger partial charge in [0.25, 0.3) is 0 Å². The third-order valence-electron chi connectivity index (χ3n) is 1.83. The van der Waals surface area contributed by atoms with E-state index in [0.717, 1.165) is 23.6 Å². The molecule has 1 aliphatic heterocycles. The number of fused-ring (bicyclic) bond motifs is 1. The minimum Gasteiger partial charge on any atom is -0.370 e. The van der Waals surface area contributed by atoms with Gasteiger partial charge in [0.1, 0.15) is 6.61 Å². The quantitative estimate of drug-likeness (QED) is 0.577. The molecule has 1 heterocycles. The zero-order valence-electron chi connectivity index (χ0n) is 6.01. The van der Waals surface area contributed by atoms with Crippen molar-refractivity contribution in [3.63, 3.8) is 0 Å². The summed E-state index contributed by atoms with van der Waals surface area (Å²) in [7, 11) is 0. The SMILES string of the molecule is Clc1cccc2c1[CH]OCC2. The molecule has 1 radical (unpaired) electrons. The van der Waals surface area contributed by atoms with Crippen molar-refractivity contribution in [2.75, 3.05) is 6.61 Å². The molecular weight excluding hydrogens is 160 g/mol. The Morgan fingerprint density at radius 2 is 2.27 bits per heavy atom. The van der Waals surface area contributed by atoms with Gasteiger partial charge in [0.15, 0.2) is 0 Å². The van der Waals surface area contributed by atoms with E-state index in [1.165, 1.54) is 5.56 Å². The van der Waals surface area contributed by atoms with Crippen LogP contribution in [-0.4, -0.2) is 6.61 Å². The number of hydrogen-bond donors (Lipinski definition) is 0. The molecule has 57 valence electrons. The van der Waals surface area contributed by atoms with Gasteiger partial charge in [0.05, 0.1) is 6.61 Å². The highest BCUT2D eigenvalue weighted by atomic mass is 35.5. The lowest BCUT2D eigenvalue weighted by Crippen LogP contribution is -2.07. The maximum absolute atomic E-state index is 5.93. The van der Waals surface area contributed by atoms with Crippen LogP contribution in [0.5, 0.6) is 0 Å². The molecule has 1 aromatic rings. The average Bonchev–Trinajstić information content (AvgIpc) is 2.06. The third-order valence-corrected chi connectivity index (χ3v) is 2.16. The largest absolute Gasteiger partial charge is 0.370 e. The lowest BCUT2D eigenvalue weighted by atomic mass is 10.0. The molecule has 0 amide bonds.